The van der Waals surface area contributed by atoms with E-state index >= 15 is 0 Å². The molecule has 0 aliphatic heterocycles. The highest BCUT2D eigenvalue weighted by Crippen LogP contribution is 2.10. The lowest BCUT2D eigenvalue weighted by Crippen LogP contribution is -1.92. The molecular weight excluding hydrogens is 282 g/mol. The molecule has 0 radical (unpaired) electrons. The third-order valence-corrected chi connectivity index (χ3v) is 4.03. The minimum Gasteiger partial charge on any atom is -0.261 e. The van der Waals surface area contributed by atoms with E-state index in [0.29, 0.717) is 0 Å². The van der Waals surface area contributed by atoms with Crippen molar-refractivity contribution in [2.75, 3.05) is 16.8 Å². The number of rotatable bonds is 9. The van der Waals surface area contributed by atoms with Crippen LogP contribution in [0.3, 0.4) is 0 Å². The van der Waals surface area contributed by atoms with Crippen LogP contribution in [0.15, 0.2) is 24.4 Å². The lowest BCUT2D eigenvalue weighted by atomic mass is 10.2. The molecule has 1 heterocycles. The van der Waals surface area contributed by atoms with Crippen LogP contribution in [0.1, 0.15) is 31.4 Å². The van der Waals surface area contributed by atoms with E-state index in [1.54, 1.807) is 0 Å². The van der Waals surface area contributed by atoms with E-state index in [-0.39, 0.29) is 0 Å². The molecule has 0 aliphatic rings. The number of alkyl halides is 1. The van der Waals surface area contributed by atoms with Crippen LogP contribution in [0, 0.1) is 0 Å². The second-order valence-corrected chi connectivity index (χ2v) is 5.80. The Morgan fingerprint density at radius 1 is 1.06 bits per heavy atom. The standard InChI is InChI=1S/C13H20BrNS/c14-9-4-1-2-6-11-16-12-8-13-7-3-5-10-15-13/h3,5,7,10H,1-2,4,6,8-9,11-12H2. The molecule has 0 N–H and O–H groups in total. The van der Waals surface area contributed by atoms with Gasteiger partial charge in [0.05, 0.1) is 0 Å². The quantitative estimate of drug-likeness (QED) is 0.498. The smallest absolute Gasteiger partial charge is 0.0411 e. The van der Waals surface area contributed by atoms with Crippen molar-refractivity contribution in [2.24, 2.45) is 0 Å². The molecule has 0 aromatic carbocycles. The van der Waals surface area contributed by atoms with Crippen molar-refractivity contribution in [3.05, 3.63) is 30.1 Å². The first kappa shape index (κ1) is 14.0. The van der Waals surface area contributed by atoms with E-state index < -0.39 is 0 Å². The summed E-state index contributed by atoms with van der Waals surface area (Å²) in [6.45, 7) is 0. The van der Waals surface area contributed by atoms with Gasteiger partial charge in [0.2, 0.25) is 0 Å². The lowest BCUT2D eigenvalue weighted by Gasteiger charge is -2.01. The summed E-state index contributed by atoms with van der Waals surface area (Å²) in [6.07, 6.45) is 8.40. The third kappa shape index (κ3) is 7.29. The zero-order valence-corrected chi connectivity index (χ0v) is 12.1. The van der Waals surface area contributed by atoms with Crippen molar-refractivity contribution in [1.29, 1.82) is 0 Å². The Kier molecular flexibility index (Phi) is 8.91. The summed E-state index contributed by atoms with van der Waals surface area (Å²) in [5, 5.41) is 1.15. The van der Waals surface area contributed by atoms with Crippen molar-refractivity contribution in [3.8, 4) is 0 Å². The number of aryl methyl sites for hydroxylation is 1. The summed E-state index contributed by atoms with van der Waals surface area (Å²) < 4.78 is 0. The molecule has 1 aromatic heterocycles. The maximum absolute atomic E-state index is 4.32. The number of thioether (sulfide) groups is 1. The fourth-order valence-corrected chi connectivity index (χ4v) is 2.84. The highest BCUT2D eigenvalue weighted by molar-refractivity contribution is 9.09. The Balaban J connectivity index is 1.89. The molecule has 1 rings (SSSR count). The van der Waals surface area contributed by atoms with Gasteiger partial charge in [-0.05, 0) is 42.9 Å². The van der Waals surface area contributed by atoms with E-state index in [1.165, 1.54) is 42.9 Å². The van der Waals surface area contributed by atoms with E-state index in [1.807, 2.05) is 12.3 Å². The van der Waals surface area contributed by atoms with Crippen molar-refractivity contribution < 1.29 is 0 Å². The maximum atomic E-state index is 4.32. The number of pyridine rings is 1. The van der Waals surface area contributed by atoms with Crippen LogP contribution in [0.5, 0.6) is 0 Å². The van der Waals surface area contributed by atoms with E-state index in [4.69, 9.17) is 0 Å². The molecule has 0 fully saturated rings. The van der Waals surface area contributed by atoms with Gasteiger partial charge in [0.15, 0.2) is 0 Å². The molecule has 0 aliphatic carbocycles. The molecule has 0 saturated heterocycles. The number of aromatic nitrogens is 1. The number of hydrogen-bond donors (Lipinski definition) is 0. The van der Waals surface area contributed by atoms with E-state index in [2.05, 4.69) is 44.8 Å². The topological polar surface area (TPSA) is 12.9 Å². The molecule has 0 atom stereocenters. The minimum atomic E-state index is 1.10. The summed E-state index contributed by atoms with van der Waals surface area (Å²) >= 11 is 5.51. The maximum Gasteiger partial charge on any atom is 0.0411 e. The first-order valence-electron chi connectivity index (χ1n) is 5.97. The van der Waals surface area contributed by atoms with Gasteiger partial charge in [-0.25, -0.2) is 0 Å². The molecule has 0 spiro atoms. The second kappa shape index (κ2) is 10.2. The average molecular weight is 302 g/mol. The summed E-state index contributed by atoms with van der Waals surface area (Å²) in [6, 6.07) is 6.14. The zero-order chi connectivity index (χ0) is 11.5. The van der Waals surface area contributed by atoms with Crippen molar-refractivity contribution in [3.63, 3.8) is 0 Å². The average Bonchev–Trinajstić information content (AvgIpc) is 2.34. The number of nitrogens with zero attached hydrogens (tertiary/aromatic N) is 1. The molecule has 1 nitrogen and oxygen atoms in total. The van der Waals surface area contributed by atoms with Gasteiger partial charge in [-0.2, -0.15) is 11.8 Å². The van der Waals surface area contributed by atoms with Gasteiger partial charge in [-0.15, -0.1) is 0 Å². The van der Waals surface area contributed by atoms with Crippen LogP contribution in [0.25, 0.3) is 0 Å². The molecule has 0 saturated carbocycles. The molecule has 0 amide bonds. The summed E-state index contributed by atoms with van der Waals surface area (Å²) in [7, 11) is 0. The van der Waals surface area contributed by atoms with Gasteiger partial charge in [-0.3, -0.25) is 4.98 Å². The predicted molar refractivity (Wildman–Crippen MR) is 77.5 cm³/mol. The van der Waals surface area contributed by atoms with E-state index in [0.717, 1.165) is 11.8 Å². The Hall–Kier alpha value is -0.0200. The zero-order valence-electron chi connectivity index (χ0n) is 9.70. The van der Waals surface area contributed by atoms with Crippen LogP contribution in [-0.2, 0) is 6.42 Å². The summed E-state index contributed by atoms with van der Waals surface area (Å²) in [5.74, 6) is 2.50. The van der Waals surface area contributed by atoms with Crippen LogP contribution in [-0.4, -0.2) is 21.8 Å². The van der Waals surface area contributed by atoms with Gasteiger partial charge in [0.25, 0.3) is 0 Å². The van der Waals surface area contributed by atoms with Gasteiger partial charge in [0, 0.05) is 17.2 Å². The number of unbranched alkanes of at least 4 members (excludes halogenated alkanes) is 3. The summed E-state index contributed by atoms with van der Waals surface area (Å²) in [5.41, 5.74) is 1.22. The Morgan fingerprint density at radius 3 is 2.69 bits per heavy atom. The predicted octanol–water partition coefficient (Wildman–Crippen LogP) is 4.31. The molecule has 3 heteroatoms. The van der Waals surface area contributed by atoms with Gasteiger partial charge in [0.1, 0.15) is 0 Å². The largest absolute Gasteiger partial charge is 0.261 e. The monoisotopic (exact) mass is 301 g/mol. The SMILES string of the molecule is BrCCCCCCSCCc1ccccn1. The van der Waals surface area contributed by atoms with Gasteiger partial charge in [-0.1, -0.05) is 34.8 Å². The third-order valence-electron chi connectivity index (χ3n) is 2.40. The molecule has 1 aromatic rings. The fraction of sp³-hybridized carbons (Fsp3) is 0.615. The Labute approximate surface area is 112 Å². The van der Waals surface area contributed by atoms with Crippen LogP contribution in [0.2, 0.25) is 0 Å². The van der Waals surface area contributed by atoms with Gasteiger partial charge >= 0.3 is 0 Å². The molecule has 90 valence electrons. The highest BCUT2D eigenvalue weighted by atomic mass is 79.9. The first-order valence-corrected chi connectivity index (χ1v) is 8.24. The lowest BCUT2D eigenvalue weighted by molar-refractivity contribution is 0.713. The fourth-order valence-electron chi connectivity index (χ4n) is 1.48. The highest BCUT2D eigenvalue weighted by Gasteiger charge is 1.94. The molecular formula is C13H20BrNS. The molecule has 16 heavy (non-hydrogen) atoms. The van der Waals surface area contributed by atoms with Crippen molar-refractivity contribution in [1.82, 2.24) is 4.98 Å². The van der Waals surface area contributed by atoms with Crippen LogP contribution < -0.4 is 0 Å². The number of hydrogen-bond acceptors (Lipinski definition) is 2. The molecule has 0 unspecified atom stereocenters. The van der Waals surface area contributed by atoms with Crippen molar-refractivity contribution >= 4 is 27.7 Å². The minimum absolute atomic E-state index is 1.10. The summed E-state index contributed by atoms with van der Waals surface area (Å²) in [4.78, 5) is 4.32. The Bertz CT molecular complexity index is 253. The second-order valence-electron chi connectivity index (χ2n) is 3.79. The Morgan fingerprint density at radius 2 is 1.94 bits per heavy atom. The van der Waals surface area contributed by atoms with Crippen molar-refractivity contribution in [2.45, 2.75) is 32.1 Å². The number of halogens is 1. The van der Waals surface area contributed by atoms with Crippen LogP contribution >= 0.6 is 27.7 Å². The van der Waals surface area contributed by atoms with E-state index in [9.17, 15) is 0 Å². The normalized spacial score (nSPS) is 10.6. The first-order chi connectivity index (χ1) is 7.93. The van der Waals surface area contributed by atoms with Gasteiger partial charge < -0.3 is 0 Å². The molecule has 0 bridgehead atoms. The van der Waals surface area contributed by atoms with Crippen LogP contribution in [0.4, 0.5) is 0 Å².